The van der Waals surface area contributed by atoms with Gasteiger partial charge in [0, 0.05) is 49.4 Å². The highest BCUT2D eigenvalue weighted by molar-refractivity contribution is 6.28. The fraction of sp³-hybridized carbons (Fsp3) is 0.0526. The summed E-state index contributed by atoms with van der Waals surface area (Å²) in [7, 11) is 0. The van der Waals surface area contributed by atoms with Crippen molar-refractivity contribution < 1.29 is 4.42 Å². The van der Waals surface area contributed by atoms with Crippen LogP contribution in [0.2, 0.25) is 0 Å². The predicted octanol–water partition coefficient (Wildman–Crippen LogP) is 15.9. The molecule has 0 amide bonds. The Morgan fingerprint density at radius 1 is 0.417 bits per heavy atom. The SMILES string of the molecule is CC1(C)c2cc(N(c3ccc4oc5ccccc5c4c3)c3cccc4ccccc34)ccc2-c2ccc(-n3c4ccc5ccccc5c4c4c5ccccc5ccc43)cc21. The third-order valence-electron chi connectivity index (χ3n) is 13.3. The van der Waals surface area contributed by atoms with Gasteiger partial charge in [-0.3, -0.25) is 0 Å². The van der Waals surface area contributed by atoms with E-state index in [4.69, 9.17) is 4.42 Å². The summed E-state index contributed by atoms with van der Waals surface area (Å²) in [5.74, 6) is 0. The van der Waals surface area contributed by atoms with Gasteiger partial charge in [0.2, 0.25) is 0 Å². The van der Waals surface area contributed by atoms with Crippen molar-refractivity contribution >= 4 is 93.1 Å². The van der Waals surface area contributed by atoms with Crippen molar-refractivity contribution in [3.63, 3.8) is 0 Å². The van der Waals surface area contributed by atoms with Gasteiger partial charge in [0.1, 0.15) is 11.2 Å². The van der Waals surface area contributed by atoms with Crippen LogP contribution < -0.4 is 4.90 Å². The minimum Gasteiger partial charge on any atom is -0.456 e. The van der Waals surface area contributed by atoms with Crippen LogP contribution in [0.4, 0.5) is 17.1 Å². The quantitative estimate of drug-likeness (QED) is 0.178. The molecule has 60 heavy (non-hydrogen) atoms. The number of aromatic nitrogens is 1. The molecular weight excluding hydrogens is 729 g/mol. The fourth-order valence-corrected chi connectivity index (χ4v) is 10.5. The highest BCUT2D eigenvalue weighted by Gasteiger charge is 2.37. The summed E-state index contributed by atoms with van der Waals surface area (Å²) >= 11 is 0. The van der Waals surface area contributed by atoms with Crippen LogP contribution in [0.25, 0.3) is 92.9 Å². The van der Waals surface area contributed by atoms with Gasteiger partial charge in [-0.1, -0.05) is 141 Å². The van der Waals surface area contributed by atoms with Gasteiger partial charge in [-0.05, 0) is 116 Å². The van der Waals surface area contributed by atoms with Crippen molar-refractivity contribution in [3.05, 3.63) is 205 Å². The van der Waals surface area contributed by atoms with Gasteiger partial charge in [0.25, 0.3) is 0 Å². The molecule has 13 rings (SSSR count). The summed E-state index contributed by atoms with van der Waals surface area (Å²) in [6.07, 6.45) is 0. The van der Waals surface area contributed by atoms with E-state index in [-0.39, 0.29) is 5.41 Å². The second-order valence-corrected chi connectivity index (χ2v) is 16.9. The van der Waals surface area contributed by atoms with Crippen LogP contribution in [-0.4, -0.2) is 4.57 Å². The highest BCUT2D eigenvalue weighted by atomic mass is 16.3. The Kier molecular flexibility index (Phi) is 6.78. The van der Waals surface area contributed by atoms with E-state index < -0.39 is 0 Å². The number of nitrogens with zero attached hydrogens (tertiary/aromatic N) is 2. The van der Waals surface area contributed by atoms with Crippen LogP contribution in [0.15, 0.2) is 199 Å². The van der Waals surface area contributed by atoms with E-state index in [9.17, 15) is 0 Å². The first kappa shape index (κ1) is 33.4. The Labute approximate surface area is 346 Å². The molecule has 3 heteroatoms. The zero-order valence-corrected chi connectivity index (χ0v) is 33.3. The molecule has 0 fully saturated rings. The third-order valence-corrected chi connectivity index (χ3v) is 13.3. The lowest BCUT2D eigenvalue weighted by Gasteiger charge is -2.29. The van der Waals surface area contributed by atoms with Crippen molar-refractivity contribution in [2.24, 2.45) is 0 Å². The van der Waals surface area contributed by atoms with Crippen LogP contribution in [0.3, 0.4) is 0 Å². The van der Waals surface area contributed by atoms with Crippen molar-refractivity contribution in [2.75, 3.05) is 4.90 Å². The van der Waals surface area contributed by atoms with E-state index in [1.165, 1.54) is 82.1 Å². The highest BCUT2D eigenvalue weighted by Crippen LogP contribution is 2.52. The minimum absolute atomic E-state index is 0.260. The number of rotatable bonds is 4. The van der Waals surface area contributed by atoms with Crippen LogP contribution in [0.1, 0.15) is 25.0 Å². The molecule has 0 saturated heterocycles. The maximum Gasteiger partial charge on any atom is 0.135 e. The molecule has 10 aromatic carbocycles. The van der Waals surface area contributed by atoms with E-state index in [1.807, 2.05) is 12.1 Å². The average Bonchev–Trinajstić information content (AvgIpc) is 3.92. The van der Waals surface area contributed by atoms with Crippen molar-refractivity contribution in [1.82, 2.24) is 4.57 Å². The molecule has 282 valence electrons. The number of hydrogen-bond donors (Lipinski definition) is 0. The van der Waals surface area contributed by atoms with Gasteiger partial charge in [-0.2, -0.15) is 0 Å². The van der Waals surface area contributed by atoms with Gasteiger partial charge in [0.05, 0.1) is 16.7 Å². The number of para-hydroxylation sites is 1. The molecule has 0 aliphatic heterocycles. The molecule has 0 N–H and O–H groups in total. The van der Waals surface area contributed by atoms with E-state index in [1.54, 1.807) is 0 Å². The molecule has 2 heterocycles. The van der Waals surface area contributed by atoms with Gasteiger partial charge in [0.15, 0.2) is 0 Å². The molecule has 0 atom stereocenters. The zero-order valence-electron chi connectivity index (χ0n) is 33.3. The van der Waals surface area contributed by atoms with Crippen LogP contribution >= 0.6 is 0 Å². The second-order valence-electron chi connectivity index (χ2n) is 16.9. The maximum atomic E-state index is 6.29. The monoisotopic (exact) mass is 766 g/mol. The first-order chi connectivity index (χ1) is 29.5. The minimum atomic E-state index is -0.260. The van der Waals surface area contributed by atoms with Gasteiger partial charge in [-0.15, -0.1) is 0 Å². The lowest BCUT2D eigenvalue weighted by molar-refractivity contribution is 0.660. The molecule has 0 bridgehead atoms. The normalized spacial score (nSPS) is 13.3. The fourth-order valence-electron chi connectivity index (χ4n) is 10.5. The summed E-state index contributed by atoms with van der Waals surface area (Å²) < 4.78 is 8.79. The van der Waals surface area contributed by atoms with Crippen molar-refractivity contribution in [1.29, 1.82) is 0 Å². The summed E-state index contributed by atoms with van der Waals surface area (Å²) in [4.78, 5) is 2.43. The Balaban J connectivity index is 1.00. The molecular formula is C57H38N2O. The van der Waals surface area contributed by atoms with E-state index >= 15 is 0 Å². The number of fused-ring (bicyclic) bond motifs is 14. The molecule has 0 unspecified atom stereocenters. The average molecular weight is 767 g/mol. The smallest absolute Gasteiger partial charge is 0.135 e. The summed E-state index contributed by atoms with van der Waals surface area (Å²) in [5.41, 5.74) is 13.8. The van der Waals surface area contributed by atoms with E-state index in [2.05, 4.69) is 205 Å². The second kappa shape index (κ2) is 12.2. The van der Waals surface area contributed by atoms with E-state index in [0.29, 0.717) is 0 Å². The molecule has 0 spiro atoms. The molecule has 1 aliphatic carbocycles. The standard InChI is InChI=1S/C57H38N2O/c1-57(2)48-33-39(58(50-20-11-15-35-12-3-6-16-41(35)50)38-26-31-54-47(32-38)46-19-9-10-21-53(46)60-54)24-27-44(48)45-28-25-40(34-49(45)57)59-51-29-22-36-13-4-7-17-42(36)55(51)56-43-18-8-5-14-37(43)23-30-52(56)59/h3-34H,1-2H3. The van der Waals surface area contributed by atoms with Gasteiger partial charge >= 0.3 is 0 Å². The lowest BCUT2D eigenvalue weighted by atomic mass is 9.82. The van der Waals surface area contributed by atoms with Crippen LogP contribution in [0, 0.1) is 0 Å². The number of furan rings is 1. The predicted molar refractivity (Wildman–Crippen MR) is 253 cm³/mol. The molecule has 12 aromatic rings. The van der Waals surface area contributed by atoms with Crippen molar-refractivity contribution in [2.45, 2.75) is 19.3 Å². The Hall–Kier alpha value is -7.62. The van der Waals surface area contributed by atoms with Crippen molar-refractivity contribution in [3.8, 4) is 16.8 Å². The number of anilines is 3. The molecule has 1 aliphatic rings. The van der Waals surface area contributed by atoms with Gasteiger partial charge in [-0.25, -0.2) is 0 Å². The third kappa shape index (κ3) is 4.60. The molecule has 0 saturated carbocycles. The maximum absolute atomic E-state index is 6.29. The molecule has 0 radical (unpaired) electrons. The number of hydrogen-bond acceptors (Lipinski definition) is 2. The Morgan fingerprint density at radius 2 is 0.950 bits per heavy atom. The largest absolute Gasteiger partial charge is 0.456 e. The van der Waals surface area contributed by atoms with Crippen LogP contribution in [0.5, 0.6) is 0 Å². The lowest BCUT2D eigenvalue weighted by Crippen LogP contribution is -2.17. The molecule has 2 aromatic heterocycles. The summed E-state index contributed by atoms with van der Waals surface area (Å²) in [5, 5.41) is 12.4. The first-order valence-electron chi connectivity index (χ1n) is 20.8. The van der Waals surface area contributed by atoms with Gasteiger partial charge < -0.3 is 13.9 Å². The molecule has 3 nitrogen and oxygen atoms in total. The Bertz CT molecular complexity index is 3670. The first-order valence-corrected chi connectivity index (χ1v) is 20.8. The van der Waals surface area contributed by atoms with Crippen LogP contribution in [-0.2, 0) is 5.41 Å². The number of benzene rings is 10. The van der Waals surface area contributed by atoms with E-state index in [0.717, 1.165) is 39.0 Å². The Morgan fingerprint density at radius 3 is 1.67 bits per heavy atom. The summed E-state index contributed by atoms with van der Waals surface area (Å²) in [6, 6.07) is 71.3. The zero-order chi connectivity index (χ0) is 39.7. The summed E-state index contributed by atoms with van der Waals surface area (Å²) in [6.45, 7) is 4.79. The topological polar surface area (TPSA) is 21.3 Å².